The predicted octanol–water partition coefficient (Wildman–Crippen LogP) is 1.55. The van der Waals surface area contributed by atoms with Gasteiger partial charge in [0.05, 0.1) is 0 Å². The van der Waals surface area contributed by atoms with Crippen LogP contribution in [0.4, 0.5) is 0 Å². The Morgan fingerprint density at radius 3 is 1.70 bits per heavy atom. The molecular weight excluding hydrogens is 250 g/mol. The summed E-state index contributed by atoms with van der Waals surface area (Å²) in [7, 11) is 0. The van der Waals surface area contributed by atoms with Gasteiger partial charge in [0, 0.05) is 37.3 Å². The van der Waals surface area contributed by atoms with Crippen molar-refractivity contribution >= 4 is 0 Å². The second kappa shape index (κ2) is 4.19. The van der Waals surface area contributed by atoms with E-state index in [4.69, 9.17) is 0 Å². The summed E-state index contributed by atoms with van der Waals surface area (Å²) >= 11 is 0. The molecule has 5 rings (SSSR count). The summed E-state index contributed by atoms with van der Waals surface area (Å²) in [5, 5.41) is 11.7. The molecule has 0 bridgehead atoms. The van der Waals surface area contributed by atoms with E-state index < -0.39 is 5.97 Å². The standard InChI is InChI=1S/C16H27N3O/c20-16-17-10-3-1-6-12(17)14-8-5-9-15(19(14)16)13-7-2-4-11-18(13)16/h12-15,20H,1-11H2. The molecule has 5 heterocycles. The fraction of sp³-hybridized carbons (Fsp3) is 1.00. The number of hydrogen-bond acceptors (Lipinski definition) is 4. The molecule has 0 spiro atoms. The molecule has 0 aliphatic carbocycles. The van der Waals surface area contributed by atoms with Crippen LogP contribution in [0.3, 0.4) is 0 Å². The van der Waals surface area contributed by atoms with Crippen molar-refractivity contribution in [1.29, 1.82) is 0 Å². The number of hydrogen-bond donors (Lipinski definition) is 1. The fourth-order valence-corrected chi connectivity index (χ4v) is 6.18. The van der Waals surface area contributed by atoms with Gasteiger partial charge in [-0.25, -0.2) is 14.7 Å². The Morgan fingerprint density at radius 2 is 1.15 bits per heavy atom. The Morgan fingerprint density at radius 1 is 0.650 bits per heavy atom. The minimum absolute atomic E-state index is 0.624. The van der Waals surface area contributed by atoms with Gasteiger partial charge in [0.15, 0.2) is 0 Å². The van der Waals surface area contributed by atoms with Crippen molar-refractivity contribution in [2.24, 2.45) is 0 Å². The van der Waals surface area contributed by atoms with E-state index >= 15 is 0 Å². The summed E-state index contributed by atoms with van der Waals surface area (Å²) in [5.41, 5.74) is 0. The van der Waals surface area contributed by atoms with Crippen LogP contribution in [-0.4, -0.2) is 63.0 Å². The molecule has 0 saturated carbocycles. The van der Waals surface area contributed by atoms with Gasteiger partial charge in [0.25, 0.3) is 0 Å². The summed E-state index contributed by atoms with van der Waals surface area (Å²) in [6.45, 7) is 2.20. The molecule has 5 saturated heterocycles. The number of nitrogens with zero attached hydrogens (tertiary/aromatic N) is 3. The fourth-order valence-electron chi connectivity index (χ4n) is 6.18. The van der Waals surface area contributed by atoms with E-state index in [-0.39, 0.29) is 0 Å². The van der Waals surface area contributed by atoms with Gasteiger partial charge in [-0.2, -0.15) is 0 Å². The summed E-state index contributed by atoms with van der Waals surface area (Å²) in [6, 6.07) is 2.51. The summed E-state index contributed by atoms with van der Waals surface area (Å²) < 4.78 is 0. The maximum Gasteiger partial charge on any atom is 0.241 e. The first-order valence-electron chi connectivity index (χ1n) is 8.86. The Bertz CT molecular complexity index is 383. The van der Waals surface area contributed by atoms with Crippen molar-refractivity contribution in [3.63, 3.8) is 0 Å². The first-order chi connectivity index (χ1) is 9.82. The number of rotatable bonds is 0. The summed E-state index contributed by atoms with van der Waals surface area (Å²) in [5.74, 6) is -0.716. The molecule has 5 aliphatic heterocycles. The summed E-state index contributed by atoms with van der Waals surface area (Å²) in [6.07, 6.45) is 11.8. The van der Waals surface area contributed by atoms with Crippen LogP contribution in [0.2, 0.25) is 0 Å². The maximum absolute atomic E-state index is 11.7. The van der Waals surface area contributed by atoms with E-state index in [1.807, 2.05) is 0 Å². The molecule has 0 radical (unpaired) electrons. The third-order valence-corrected chi connectivity index (χ3v) is 6.82. The molecule has 20 heavy (non-hydrogen) atoms. The zero-order chi connectivity index (χ0) is 13.3. The van der Waals surface area contributed by atoms with Gasteiger partial charge in [0.1, 0.15) is 0 Å². The van der Waals surface area contributed by atoms with Gasteiger partial charge in [-0.1, -0.05) is 19.3 Å². The lowest BCUT2D eigenvalue weighted by Crippen LogP contribution is -2.63. The molecule has 5 fully saturated rings. The van der Waals surface area contributed by atoms with E-state index in [1.54, 1.807) is 0 Å². The Kier molecular flexibility index (Phi) is 2.59. The molecular formula is C16H27N3O. The second-order valence-electron chi connectivity index (χ2n) is 7.59. The monoisotopic (exact) mass is 277 g/mol. The van der Waals surface area contributed by atoms with Gasteiger partial charge in [-0.15, -0.1) is 0 Å². The first-order valence-corrected chi connectivity index (χ1v) is 8.86. The van der Waals surface area contributed by atoms with E-state index in [0.717, 1.165) is 13.1 Å². The van der Waals surface area contributed by atoms with Crippen molar-refractivity contribution < 1.29 is 5.11 Å². The third-order valence-electron chi connectivity index (χ3n) is 6.82. The van der Waals surface area contributed by atoms with Gasteiger partial charge in [0.2, 0.25) is 5.97 Å². The zero-order valence-corrected chi connectivity index (χ0v) is 12.4. The molecule has 112 valence electrons. The minimum Gasteiger partial charge on any atom is -0.350 e. The number of aliphatic hydroxyl groups is 1. The largest absolute Gasteiger partial charge is 0.350 e. The lowest BCUT2D eigenvalue weighted by molar-refractivity contribution is -0.258. The molecule has 4 atom stereocenters. The van der Waals surface area contributed by atoms with Crippen LogP contribution in [0.5, 0.6) is 0 Å². The molecule has 4 nitrogen and oxygen atoms in total. The van der Waals surface area contributed by atoms with Crippen LogP contribution >= 0.6 is 0 Å². The molecule has 0 aromatic heterocycles. The Balaban J connectivity index is 1.61. The van der Waals surface area contributed by atoms with E-state index in [0.29, 0.717) is 24.2 Å². The smallest absolute Gasteiger partial charge is 0.241 e. The minimum atomic E-state index is -0.716. The Hall–Kier alpha value is -0.160. The van der Waals surface area contributed by atoms with Gasteiger partial charge >= 0.3 is 0 Å². The van der Waals surface area contributed by atoms with E-state index in [1.165, 1.54) is 57.8 Å². The van der Waals surface area contributed by atoms with Crippen LogP contribution < -0.4 is 0 Å². The average molecular weight is 277 g/mol. The van der Waals surface area contributed by atoms with Gasteiger partial charge in [-0.05, 0) is 38.5 Å². The quantitative estimate of drug-likeness (QED) is 0.727. The number of piperidine rings is 3. The molecule has 4 heteroatoms. The molecule has 0 aromatic carbocycles. The lowest BCUT2D eigenvalue weighted by atomic mass is 9.85. The normalized spacial score (nSPS) is 52.6. The molecule has 5 aliphatic rings. The van der Waals surface area contributed by atoms with Gasteiger partial charge in [-0.3, -0.25) is 0 Å². The highest BCUT2D eigenvalue weighted by atomic mass is 16.4. The number of fused-ring (bicyclic) bond motifs is 6. The van der Waals surface area contributed by atoms with Crippen LogP contribution in [0.15, 0.2) is 0 Å². The van der Waals surface area contributed by atoms with E-state index in [2.05, 4.69) is 14.7 Å². The predicted molar refractivity (Wildman–Crippen MR) is 76.9 cm³/mol. The lowest BCUT2D eigenvalue weighted by Gasteiger charge is -2.46. The molecule has 1 N–H and O–H groups in total. The van der Waals surface area contributed by atoms with Crippen LogP contribution in [0, 0.1) is 0 Å². The molecule has 0 amide bonds. The topological polar surface area (TPSA) is 30.0 Å². The first kappa shape index (κ1) is 12.4. The Labute approximate surface area is 121 Å². The third kappa shape index (κ3) is 1.32. The van der Waals surface area contributed by atoms with Crippen molar-refractivity contribution in [3.8, 4) is 0 Å². The van der Waals surface area contributed by atoms with Crippen LogP contribution in [0.1, 0.15) is 57.8 Å². The highest BCUT2D eigenvalue weighted by molar-refractivity contribution is 5.15. The average Bonchev–Trinajstić information content (AvgIpc) is 2.93. The highest BCUT2D eigenvalue weighted by Gasteiger charge is 2.69. The van der Waals surface area contributed by atoms with E-state index in [9.17, 15) is 5.11 Å². The van der Waals surface area contributed by atoms with Crippen LogP contribution in [-0.2, 0) is 0 Å². The zero-order valence-electron chi connectivity index (χ0n) is 12.4. The SMILES string of the molecule is OC12N3CCCCC3C3CCCC(C4CCCCN41)N32. The highest BCUT2D eigenvalue weighted by Crippen LogP contribution is 2.53. The molecule has 0 aromatic rings. The van der Waals surface area contributed by atoms with Crippen molar-refractivity contribution in [2.75, 3.05) is 13.1 Å². The van der Waals surface area contributed by atoms with Crippen LogP contribution in [0.25, 0.3) is 0 Å². The molecule has 4 unspecified atom stereocenters. The van der Waals surface area contributed by atoms with Crippen molar-refractivity contribution in [3.05, 3.63) is 0 Å². The van der Waals surface area contributed by atoms with Gasteiger partial charge < -0.3 is 5.11 Å². The second-order valence-corrected chi connectivity index (χ2v) is 7.59. The summed E-state index contributed by atoms with van der Waals surface area (Å²) in [4.78, 5) is 7.55. The van der Waals surface area contributed by atoms with Crippen molar-refractivity contribution in [1.82, 2.24) is 14.7 Å². The maximum atomic E-state index is 11.7. The van der Waals surface area contributed by atoms with Crippen molar-refractivity contribution in [2.45, 2.75) is 87.9 Å².